The molecule has 0 radical (unpaired) electrons. The second kappa shape index (κ2) is 12.4. The fourth-order valence-electron chi connectivity index (χ4n) is 13.9. The van der Waals surface area contributed by atoms with Crippen molar-refractivity contribution in [2.24, 2.45) is 55.7 Å². The maximum atomic E-state index is 14.0. The van der Waals surface area contributed by atoms with E-state index in [-0.39, 0.29) is 57.2 Å². The zero-order valence-corrected chi connectivity index (χ0v) is 33.5. The zero-order chi connectivity index (χ0) is 37.9. The van der Waals surface area contributed by atoms with Gasteiger partial charge in [0.25, 0.3) is 0 Å². The van der Waals surface area contributed by atoms with Crippen LogP contribution in [0.3, 0.4) is 0 Å². The van der Waals surface area contributed by atoms with Crippen LogP contribution in [0.5, 0.6) is 0 Å². The van der Waals surface area contributed by atoms with Gasteiger partial charge < -0.3 is 20.3 Å². The lowest BCUT2D eigenvalue weighted by atomic mass is 9.33. The number of rotatable bonds is 10. The molecule has 52 heavy (non-hydrogen) atoms. The number of aliphatic carboxylic acids is 1. The molecule has 1 spiro atoms. The highest BCUT2D eigenvalue weighted by Crippen LogP contribution is 2.87. The van der Waals surface area contributed by atoms with E-state index in [9.17, 15) is 24.6 Å². The molecule has 0 saturated heterocycles. The Morgan fingerprint density at radius 3 is 2.33 bits per heavy atom. The average Bonchev–Trinajstić information content (AvgIpc) is 3.59. The minimum Gasteiger partial charge on any atom is -0.481 e. The number of nitrogens with one attached hydrogen (secondary N) is 1. The summed E-state index contributed by atoms with van der Waals surface area (Å²) in [6.45, 7) is 18.5. The Hall–Kier alpha value is -2.22. The molecule has 6 aliphatic carbocycles. The minimum absolute atomic E-state index is 0.00807. The molecule has 10 atom stereocenters. The van der Waals surface area contributed by atoms with Crippen LogP contribution in [0.1, 0.15) is 132 Å². The molecular weight excluding hydrogens is 674 g/mol. The van der Waals surface area contributed by atoms with Crippen molar-refractivity contribution in [2.45, 2.75) is 145 Å². The predicted octanol–water partition coefficient (Wildman–Crippen LogP) is 8.94. The largest absolute Gasteiger partial charge is 0.481 e. The number of fused-ring (bicyclic) bond motifs is 6. The minimum atomic E-state index is -1.15. The highest BCUT2D eigenvalue weighted by molar-refractivity contribution is 6.31. The van der Waals surface area contributed by atoms with Crippen LogP contribution in [-0.2, 0) is 25.7 Å². The molecule has 0 bridgehead atoms. The number of carbonyl (C=O) groups is 3. The summed E-state index contributed by atoms with van der Waals surface area (Å²) in [5, 5.41) is 26.0. The van der Waals surface area contributed by atoms with Crippen LogP contribution in [0.2, 0.25) is 5.02 Å². The van der Waals surface area contributed by atoms with E-state index >= 15 is 0 Å². The van der Waals surface area contributed by atoms with Crippen LogP contribution in [-0.4, -0.2) is 46.7 Å². The Kier molecular flexibility index (Phi) is 9.08. The van der Waals surface area contributed by atoms with Crippen molar-refractivity contribution in [3.05, 3.63) is 46.0 Å². The summed E-state index contributed by atoms with van der Waals surface area (Å²) in [4.78, 5) is 38.9. The summed E-state index contributed by atoms with van der Waals surface area (Å²) in [7, 11) is 0. The Balaban J connectivity index is 1.15. The molecular formula is C44H62ClNO6. The molecule has 3 unspecified atom stereocenters. The quantitative estimate of drug-likeness (QED) is 0.206. The number of carbonyl (C=O) groups excluding carboxylic acids is 2. The number of esters is 1. The number of ether oxygens (including phenoxy) is 1. The fraction of sp³-hybridized carbons (Fsp3) is 0.750. The van der Waals surface area contributed by atoms with Crippen molar-refractivity contribution < 1.29 is 29.3 Å². The van der Waals surface area contributed by atoms with E-state index in [1.165, 1.54) is 5.57 Å². The summed E-state index contributed by atoms with van der Waals surface area (Å²) >= 11 is 6.45. The number of aliphatic hydroxyl groups is 1. The number of carboxylic acids is 1. The molecule has 0 aromatic heterocycles. The number of ketones is 1. The third kappa shape index (κ3) is 5.13. The van der Waals surface area contributed by atoms with Gasteiger partial charge in [0, 0.05) is 35.4 Å². The molecule has 0 heterocycles. The van der Waals surface area contributed by atoms with Crippen LogP contribution >= 0.6 is 11.6 Å². The topological polar surface area (TPSA) is 113 Å². The Labute approximate surface area is 316 Å². The zero-order valence-electron chi connectivity index (χ0n) is 32.8. The molecule has 7 nitrogen and oxygen atoms in total. The molecule has 0 aliphatic heterocycles. The van der Waals surface area contributed by atoms with Gasteiger partial charge >= 0.3 is 11.9 Å². The number of Topliss-reactive ketones (excluding diaryl/α,β-unsaturated/α-hetero) is 1. The van der Waals surface area contributed by atoms with Crippen molar-refractivity contribution in [3.8, 4) is 0 Å². The van der Waals surface area contributed by atoms with Crippen molar-refractivity contribution >= 4 is 29.3 Å². The number of aliphatic hydroxyl groups excluding tert-OH is 1. The molecule has 5 fully saturated rings. The van der Waals surface area contributed by atoms with Crippen molar-refractivity contribution in [1.82, 2.24) is 5.32 Å². The second-order valence-corrected chi connectivity index (χ2v) is 20.4. The summed E-state index contributed by atoms with van der Waals surface area (Å²) in [5.74, 6) is -0.279. The van der Waals surface area contributed by atoms with Crippen molar-refractivity contribution in [1.29, 1.82) is 0 Å². The molecule has 6 aliphatic rings. The van der Waals surface area contributed by atoms with Crippen molar-refractivity contribution in [3.63, 3.8) is 0 Å². The number of hydrogen-bond acceptors (Lipinski definition) is 6. The molecule has 1 aromatic carbocycles. The first-order valence-corrected chi connectivity index (χ1v) is 20.4. The first-order chi connectivity index (χ1) is 24.2. The molecule has 3 N–H and O–H groups in total. The van der Waals surface area contributed by atoms with Crippen LogP contribution < -0.4 is 5.32 Å². The third-order valence-corrected chi connectivity index (χ3v) is 17.5. The monoisotopic (exact) mass is 735 g/mol. The summed E-state index contributed by atoms with van der Waals surface area (Å²) in [6, 6.07) is 7.80. The molecule has 5 saturated carbocycles. The Morgan fingerprint density at radius 1 is 0.962 bits per heavy atom. The van der Waals surface area contributed by atoms with Gasteiger partial charge in [0.05, 0.1) is 17.9 Å². The number of hydrogen-bond donors (Lipinski definition) is 3. The number of benzene rings is 1. The van der Waals surface area contributed by atoms with Gasteiger partial charge in [0.1, 0.15) is 6.10 Å². The number of carboxylic acid groups (broad SMARTS) is 1. The first kappa shape index (κ1) is 38.1. The predicted molar refractivity (Wildman–Crippen MR) is 202 cm³/mol. The lowest BCUT2D eigenvalue weighted by Crippen LogP contribution is -2.65. The van der Waals surface area contributed by atoms with Crippen LogP contribution in [0, 0.1) is 55.7 Å². The lowest BCUT2D eigenvalue weighted by Gasteiger charge is -2.71. The fourth-order valence-corrected chi connectivity index (χ4v) is 14.1. The average molecular weight is 736 g/mol. The van der Waals surface area contributed by atoms with E-state index in [1.807, 2.05) is 24.3 Å². The van der Waals surface area contributed by atoms with Gasteiger partial charge in [0.15, 0.2) is 5.78 Å². The standard InChI is InChI=1S/C44H62ClNO6/c1-26(2)35-30(47)21-43(32(48)24-46-23-27-11-9-10-12-29(27)45)19-17-39(5)28(36(35)43)13-14-31-40(39,6)18-20-44-25-42(44,8)33(15-16-41(31,44)7)52-34(49)22-38(3,4)37(50)51/h9-12,26,28,31-33,46,48H,13-25H2,1-8H3,(H,50,51)/t28-,31+,32?,33+,39-,40-,41-,42?,43?,44+/m1/s1. The third-order valence-electron chi connectivity index (χ3n) is 17.1. The van der Waals surface area contributed by atoms with E-state index < -0.39 is 28.9 Å². The highest BCUT2D eigenvalue weighted by Gasteiger charge is 2.82. The second-order valence-electron chi connectivity index (χ2n) is 20.0. The Morgan fingerprint density at radius 2 is 1.65 bits per heavy atom. The lowest BCUT2D eigenvalue weighted by molar-refractivity contribution is -0.220. The molecule has 8 heteroatoms. The van der Waals surface area contributed by atoms with E-state index in [2.05, 4.69) is 46.9 Å². The van der Waals surface area contributed by atoms with Gasteiger partial charge in [-0.1, -0.05) is 76.9 Å². The van der Waals surface area contributed by atoms with Gasteiger partial charge in [-0.2, -0.15) is 0 Å². The summed E-state index contributed by atoms with van der Waals surface area (Å²) in [6.07, 6.45) is 8.45. The van der Waals surface area contributed by atoms with Gasteiger partial charge in [0.2, 0.25) is 0 Å². The van der Waals surface area contributed by atoms with Gasteiger partial charge in [-0.25, -0.2) is 0 Å². The SMILES string of the molecule is CC(C)C1=C2[C@H]3CC[C@@H]4[C@@]5(C)CC[C@H](OC(=O)CC(C)(C)C(=O)O)C6(C)C[C@]65CC[C@@]4(C)[C@]3(C)CCC2(C(O)CNCc2ccccc2Cl)CC1=O. The van der Waals surface area contributed by atoms with Crippen LogP contribution in [0.4, 0.5) is 0 Å². The van der Waals surface area contributed by atoms with Crippen molar-refractivity contribution in [2.75, 3.05) is 6.54 Å². The maximum Gasteiger partial charge on any atom is 0.309 e. The van der Waals surface area contributed by atoms with Gasteiger partial charge in [-0.05, 0) is 128 Å². The van der Waals surface area contributed by atoms with E-state index in [0.29, 0.717) is 30.5 Å². The molecule has 0 amide bonds. The highest BCUT2D eigenvalue weighted by atomic mass is 35.5. The smallest absolute Gasteiger partial charge is 0.309 e. The number of halogens is 1. The summed E-state index contributed by atoms with van der Waals surface area (Å²) < 4.78 is 6.20. The first-order valence-electron chi connectivity index (χ1n) is 20.1. The maximum absolute atomic E-state index is 14.0. The van der Waals surface area contributed by atoms with E-state index in [0.717, 1.165) is 68.9 Å². The van der Waals surface area contributed by atoms with Gasteiger partial charge in [-0.3, -0.25) is 14.4 Å². The normalized spacial score (nSPS) is 41.4. The molecule has 1 aromatic rings. The van der Waals surface area contributed by atoms with E-state index in [1.54, 1.807) is 13.8 Å². The number of allylic oxidation sites excluding steroid dienone is 1. The van der Waals surface area contributed by atoms with Gasteiger partial charge in [-0.15, -0.1) is 0 Å². The van der Waals surface area contributed by atoms with E-state index in [4.69, 9.17) is 16.3 Å². The molecule has 7 rings (SSSR count). The molecule has 286 valence electrons. The van der Waals surface area contributed by atoms with Crippen LogP contribution in [0.25, 0.3) is 0 Å². The van der Waals surface area contributed by atoms with Crippen LogP contribution in [0.15, 0.2) is 35.4 Å². The Bertz CT molecular complexity index is 1700. The summed E-state index contributed by atoms with van der Waals surface area (Å²) in [5.41, 5.74) is 1.75.